The maximum absolute atomic E-state index is 11.0. The molecule has 1 amide bonds. The molecule has 16 heavy (non-hydrogen) atoms. The number of halogens is 1. The number of hydrogen-bond acceptors (Lipinski definition) is 4. The number of benzene rings is 1. The maximum Gasteiger partial charge on any atom is 0.407 e. The van der Waals surface area contributed by atoms with Gasteiger partial charge in [-0.3, -0.25) is 0 Å². The van der Waals surface area contributed by atoms with Gasteiger partial charge in [0.15, 0.2) is 11.5 Å². The van der Waals surface area contributed by atoms with Crippen LogP contribution in [0.1, 0.15) is 11.6 Å². The highest BCUT2D eigenvalue weighted by atomic mass is 79.9. The molecule has 84 valence electrons. The van der Waals surface area contributed by atoms with Gasteiger partial charge in [-0.15, -0.1) is 0 Å². The van der Waals surface area contributed by atoms with Gasteiger partial charge in [-0.2, -0.15) is 0 Å². The van der Waals surface area contributed by atoms with E-state index in [2.05, 4.69) is 21.2 Å². The smallest absolute Gasteiger partial charge is 0.407 e. The van der Waals surface area contributed by atoms with E-state index < -0.39 is 6.09 Å². The van der Waals surface area contributed by atoms with Crippen LogP contribution in [0.5, 0.6) is 11.5 Å². The Kier molecular flexibility index (Phi) is 2.17. The zero-order valence-electron chi connectivity index (χ0n) is 8.16. The number of nitrogens with one attached hydrogen (secondary N) is 1. The fourth-order valence-corrected chi connectivity index (χ4v) is 2.35. The molecular formula is C10H8BrNO4. The Morgan fingerprint density at radius 3 is 2.69 bits per heavy atom. The maximum atomic E-state index is 11.0. The van der Waals surface area contributed by atoms with Gasteiger partial charge in [0.1, 0.15) is 6.61 Å². The predicted octanol–water partition coefficient (Wildman–Crippen LogP) is 1.96. The highest BCUT2D eigenvalue weighted by Crippen LogP contribution is 2.39. The van der Waals surface area contributed by atoms with E-state index in [0.717, 1.165) is 10.0 Å². The summed E-state index contributed by atoms with van der Waals surface area (Å²) in [5, 5.41) is 2.71. The Bertz CT molecular complexity index is 462. The molecule has 1 aromatic carbocycles. The van der Waals surface area contributed by atoms with Crippen molar-refractivity contribution >= 4 is 22.0 Å². The summed E-state index contributed by atoms with van der Waals surface area (Å²) in [5.74, 6) is 1.40. The number of carbonyl (C=O) groups is 1. The first-order valence-corrected chi connectivity index (χ1v) is 5.55. The van der Waals surface area contributed by atoms with Crippen LogP contribution in [0, 0.1) is 0 Å². The second-order valence-corrected chi connectivity index (χ2v) is 4.38. The molecule has 3 rings (SSSR count). The molecule has 2 aliphatic heterocycles. The van der Waals surface area contributed by atoms with Gasteiger partial charge in [-0.05, 0) is 17.7 Å². The Morgan fingerprint density at radius 2 is 2.00 bits per heavy atom. The zero-order chi connectivity index (χ0) is 11.1. The second kappa shape index (κ2) is 3.55. The monoisotopic (exact) mass is 285 g/mol. The van der Waals surface area contributed by atoms with E-state index in [1.54, 1.807) is 0 Å². The van der Waals surface area contributed by atoms with Crippen LogP contribution in [-0.2, 0) is 4.74 Å². The molecular weight excluding hydrogens is 278 g/mol. The lowest BCUT2D eigenvalue weighted by Crippen LogP contribution is -2.18. The average Bonchev–Trinajstić information content (AvgIpc) is 2.84. The van der Waals surface area contributed by atoms with Crippen LogP contribution in [0.2, 0.25) is 0 Å². The molecule has 1 N–H and O–H groups in total. The largest absolute Gasteiger partial charge is 0.454 e. The first-order chi connectivity index (χ1) is 7.74. The Labute approximate surface area is 99.8 Å². The summed E-state index contributed by atoms with van der Waals surface area (Å²) >= 11 is 3.44. The zero-order valence-corrected chi connectivity index (χ0v) is 9.74. The Morgan fingerprint density at radius 1 is 1.25 bits per heavy atom. The Balaban J connectivity index is 1.98. The van der Waals surface area contributed by atoms with Crippen LogP contribution in [0.25, 0.3) is 0 Å². The minimum Gasteiger partial charge on any atom is -0.454 e. The number of ether oxygens (including phenoxy) is 3. The normalized spacial score (nSPS) is 21.8. The lowest BCUT2D eigenvalue weighted by molar-refractivity contribution is 0.174. The van der Waals surface area contributed by atoms with Gasteiger partial charge in [0.05, 0.1) is 6.04 Å². The van der Waals surface area contributed by atoms with Crippen LogP contribution in [0.15, 0.2) is 16.6 Å². The molecule has 1 aromatic rings. The van der Waals surface area contributed by atoms with Crippen molar-refractivity contribution in [2.24, 2.45) is 0 Å². The van der Waals surface area contributed by atoms with Crippen molar-refractivity contribution in [3.05, 3.63) is 22.2 Å². The van der Waals surface area contributed by atoms with Gasteiger partial charge >= 0.3 is 6.09 Å². The van der Waals surface area contributed by atoms with Crippen LogP contribution >= 0.6 is 15.9 Å². The number of fused-ring (bicyclic) bond motifs is 1. The molecule has 2 heterocycles. The molecule has 0 saturated carbocycles. The van der Waals surface area contributed by atoms with Gasteiger partial charge in [0.2, 0.25) is 6.79 Å². The lowest BCUT2D eigenvalue weighted by atomic mass is 10.1. The number of carbonyl (C=O) groups excluding carboxylic acids is 1. The van der Waals surface area contributed by atoms with Gasteiger partial charge in [0.25, 0.3) is 0 Å². The van der Waals surface area contributed by atoms with Crippen molar-refractivity contribution in [3.8, 4) is 11.5 Å². The predicted molar refractivity (Wildman–Crippen MR) is 57.5 cm³/mol. The van der Waals surface area contributed by atoms with E-state index in [1.807, 2.05) is 12.1 Å². The summed E-state index contributed by atoms with van der Waals surface area (Å²) < 4.78 is 16.3. The molecule has 0 bridgehead atoms. The van der Waals surface area contributed by atoms with Gasteiger partial charge in [0, 0.05) is 4.47 Å². The fraction of sp³-hybridized carbons (Fsp3) is 0.300. The molecule has 5 nitrogen and oxygen atoms in total. The first kappa shape index (κ1) is 9.77. The molecule has 6 heteroatoms. The van der Waals surface area contributed by atoms with E-state index >= 15 is 0 Å². The fourth-order valence-electron chi connectivity index (χ4n) is 1.75. The topological polar surface area (TPSA) is 56.8 Å². The van der Waals surface area contributed by atoms with Crippen LogP contribution in [-0.4, -0.2) is 19.5 Å². The molecule has 0 unspecified atom stereocenters. The number of rotatable bonds is 1. The van der Waals surface area contributed by atoms with Crippen molar-refractivity contribution in [3.63, 3.8) is 0 Å². The van der Waals surface area contributed by atoms with Gasteiger partial charge in [-0.25, -0.2) is 4.79 Å². The summed E-state index contributed by atoms with van der Waals surface area (Å²) in [4.78, 5) is 11.0. The number of cyclic esters (lactones) is 1. The lowest BCUT2D eigenvalue weighted by Gasteiger charge is -2.10. The molecule has 0 spiro atoms. The van der Waals surface area contributed by atoms with Crippen molar-refractivity contribution in [2.75, 3.05) is 13.4 Å². The van der Waals surface area contributed by atoms with E-state index in [9.17, 15) is 4.79 Å². The SMILES string of the molecule is O=C1N[C@@H](c2cc3c(cc2Br)OCO3)CO1. The Hall–Kier alpha value is -1.43. The molecule has 0 aromatic heterocycles. The summed E-state index contributed by atoms with van der Waals surface area (Å²) in [6.45, 7) is 0.565. The summed E-state index contributed by atoms with van der Waals surface area (Å²) in [6, 6.07) is 3.55. The quantitative estimate of drug-likeness (QED) is 0.857. The average molecular weight is 286 g/mol. The van der Waals surface area contributed by atoms with Crippen LogP contribution in [0.4, 0.5) is 4.79 Å². The molecule has 1 saturated heterocycles. The molecule has 1 fully saturated rings. The second-order valence-electron chi connectivity index (χ2n) is 3.52. The third-order valence-electron chi connectivity index (χ3n) is 2.54. The molecule has 1 atom stereocenters. The summed E-state index contributed by atoms with van der Waals surface area (Å²) in [5.41, 5.74) is 0.926. The minimum absolute atomic E-state index is 0.142. The van der Waals surface area contributed by atoms with Gasteiger partial charge < -0.3 is 19.5 Å². The van der Waals surface area contributed by atoms with E-state index in [4.69, 9.17) is 14.2 Å². The van der Waals surface area contributed by atoms with E-state index in [0.29, 0.717) is 18.1 Å². The van der Waals surface area contributed by atoms with Crippen molar-refractivity contribution in [2.45, 2.75) is 6.04 Å². The van der Waals surface area contributed by atoms with Crippen molar-refractivity contribution in [1.29, 1.82) is 0 Å². The highest BCUT2D eigenvalue weighted by Gasteiger charge is 2.27. The summed E-state index contributed by atoms with van der Waals surface area (Å²) in [7, 11) is 0. The number of alkyl carbamates (subject to hydrolysis) is 1. The molecule has 2 aliphatic rings. The first-order valence-electron chi connectivity index (χ1n) is 4.76. The number of amides is 1. The number of hydrogen-bond donors (Lipinski definition) is 1. The third kappa shape index (κ3) is 1.49. The third-order valence-corrected chi connectivity index (χ3v) is 3.23. The van der Waals surface area contributed by atoms with Crippen molar-refractivity contribution < 1.29 is 19.0 Å². The van der Waals surface area contributed by atoms with Crippen molar-refractivity contribution in [1.82, 2.24) is 5.32 Å². The van der Waals surface area contributed by atoms with E-state index in [-0.39, 0.29) is 12.8 Å². The standard InChI is InChI=1S/C10H8BrNO4/c11-6-2-9-8(15-4-16-9)1-5(6)7-3-14-10(13)12-7/h1-2,7H,3-4H2,(H,12,13)/t7-/m1/s1. The highest BCUT2D eigenvalue weighted by molar-refractivity contribution is 9.10. The van der Waals surface area contributed by atoms with E-state index in [1.165, 1.54) is 0 Å². The summed E-state index contributed by atoms with van der Waals surface area (Å²) in [6.07, 6.45) is -0.394. The van der Waals surface area contributed by atoms with Crippen LogP contribution < -0.4 is 14.8 Å². The van der Waals surface area contributed by atoms with Gasteiger partial charge in [-0.1, -0.05) is 15.9 Å². The minimum atomic E-state index is -0.394. The molecule has 0 aliphatic carbocycles. The molecule has 0 radical (unpaired) electrons. The van der Waals surface area contributed by atoms with Crippen LogP contribution in [0.3, 0.4) is 0 Å².